The van der Waals surface area contributed by atoms with Gasteiger partial charge in [-0.25, -0.2) is 0 Å². The van der Waals surface area contributed by atoms with E-state index in [1.165, 1.54) is 12.0 Å². The van der Waals surface area contributed by atoms with Gasteiger partial charge in [-0.15, -0.1) is 0 Å². The summed E-state index contributed by atoms with van der Waals surface area (Å²) in [5.41, 5.74) is 2.28. The number of aliphatic hydroxyl groups excluding tert-OH is 1. The van der Waals surface area contributed by atoms with Gasteiger partial charge in [0.05, 0.1) is 32.4 Å². The summed E-state index contributed by atoms with van der Waals surface area (Å²) < 4.78 is 16.7. The Hall–Kier alpha value is -3.97. The van der Waals surface area contributed by atoms with Crippen molar-refractivity contribution in [1.29, 1.82) is 0 Å². The highest BCUT2D eigenvalue weighted by atomic mass is 35.5. The minimum atomic E-state index is -0.925. The van der Waals surface area contributed by atoms with E-state index in [4.69, 9.17) is 25.8 Å². The van der Waals surface area contributed by atoms with E-state index in [2.05, 4.69) is 0 Å². The number of nitrogens with zero attached hydrogens (tertiary/aromatic N) is 1. The van der Waals surface area contributed by atoms with Crippen LogP contribution in [0.1, 0.15) is 49.4 Å². The zero-order valence-electron chi connectivity index (χ0n) is 21.9. The molecule has 1 amide bonds. The van der Waals surface area contributed by atoms with Gasteiger partial charge in [0.1, 0.15) is 11.5 Å². The van der Waals surface area contributed by atoms with E-state index in [1.54, 1.807) is 67.8 Å². The van der Waals surface area contributed by atoms with E-state index in [1.807, 2.05) is 20.8 Å². The monoisotopic (exact) mass is 535 g/mol. The van der Waals surface area contributed by atoms with Crippen molar-refractivity contribution in [2.24, 2.45) is 0 Å². The normalized spacial score (nSPS) is 16.7. The number of rotatable bonds is 8. The number of hydrogen-bond donors (Lipinski definition) is 1. The van der Waals surface area contributed by atoms with Crippen molar-refractivity contribution < 1.29 is 28.9 Å². The molecule has 38 heavy (non-hydrogen) atoms. The number of ketones is 1. The maximum absolute atomic E-state index is 13.5. The second-order valence-electron chi connectivity index (χ2n) is 9.10. The zero-order valence-corrected chi connectivity index (χ0v) is 22.7. The molecule has 3 aromatic carbocycles. The van der Waals surface area contributed by atoms with Crippen LogP contribution in [0.4, 0.5) is 5.69 Å². The molecule has 4 rings (SSSR count). The third-order valence-corrected chi connectivity index (χ3v) is 6.73. The van der Waals surface area contributed by atoms with Crippen molar-refractivity contribution in [3.8, 4) is 17.2 Å². The molecule has 1 aliphatic heterocycles. The number of hydrogen-bond acceptors (Lipinski definition) is 6. The van der Waals surface area contributed by atoms with E-state index in [0.29, 0.717) is 45.7 Å². The average Bonchev–Trinajstić information content (AvgIpc) is 3.18. The second kappa shape index (κ2) is 11.2. The molecular formula is C30H30ClNO6. The fraction of sp³-hybridized carbons (Fsp3) is 0.267. The fourth-order valence-corrected chi connectivity index (χ4v) is 4.76. The molecule has 1 aliphatic rings. The van der Waals surface area contributed by atoms with Crippen molar-refractivity contribution in [3.05, 3.63) is 87.9 Å². The molecule has 0 radical (unpaired) electrons. The zero-order chi connectivity index (χ0) is 27.6. The van der Waals surface area contributed by atoms with Gasteiger partial charge in [-0.3, -0.25) is 14.5 Å². The number of benzene rings is 3. The van der Waals surface area contributed by atoms with Crippen molar-refractivity contribution in [2.75, 3.05) is 25.7 Å². The Kier molecular flexibility index (Phi) is 7.97. The first kappa shape index (κ1) is 27.1. The van der Waals surface area contributed by atoms with Gasteiger partial charge in [-0.2, -0.15) is 0 Å². The Balaban J connectivity index is 1.97. The Labute approximate surface area is 227 Å². The highest BCUT2D eigenvalue weighted by molar-refractivity contribution is 6.51. The quantitative estimate of drug-likeness (QED) is 0.201. The van der Waals surface area contributed by atoms with Crippen LogP contribution >= 0.6 is 11.6 Å². The lowest BCUT2D eigenvalue weighted by Crippen LogP contribution is -2.29. The van der Waals surface area contributed by atoms with Gasteiger partial charge in [-0.05, 0) is 78.6 Å². The molecule has 1 saturated heterocycles. The van der Waals surface area contributed by atoms with Gasteiger partial charge < -0.3 is 19.3 Å². The van der Waals surface area contributed by atoms with Crippen LogP contribution < -0.4 is 19.1 Å². The molecule has 1 N–H and O–H groups in total. The summed E-state index contributed by atoms with van der Waals surface area (Å²) in [4.78, 5) is 28.3. The topological polar surface area (TPSA) is 85.3 Å². The lowest BCUT2D eigenvalue weighted by molar-refractivity contribution is -0.132. The minimum Gasteiger partial charge on any atom is -0.507 e. The summed E-state index contributed by atoms with van der Waals surface area (Å²) in [5, 5.41) is 12.0. The lowest BCUT2D eigenvalue weighted by atomic mass is 9.93. The third-order valence-electron chi connectivity index (χ3n) is 6.48. The molecule has 1 fully saturated rings. The van der Waals surface area contributed by atoms with E-state index in [9.17, 15) is 14.7 Å². The summed E-state index contributed by atoms with van der Waals surface area (Å²) >= 11 is 6.09. The summed E-state index contributed by atoms with van der Waals surface area (Å²) in [6, 6.07) is 16.1. The molecule has 1 heterocycles. The van der Waals surface area contributed by atoms with Crippen LogP contribution in [0, 0.1) is 0 Å². The number of halogens is 1. The largest absolute Gasteiger partial charge is 0.507 e. The summed E-state index contributed by atoms with van der Waals surface area (Å²) in [7, 11) is 3.12. The molecule has 3 aromatic rings. The second-order valence-corrected chi connectivity index (χ2v) is 9.54. The van der Waals surface area contributed by atoms with E-state index < -0.39 is 17.7 Å². The van der Waals surface area contributed by atoms with E-state index in [-0.39, 0.29) is 17.3 Å². The average molecular weight is 536 g/mol. The van der Waals surface area contributed by atoms with Crippen LogP contribution in [0.25, 0.3) is 5.76 Å². The Bertz CT molecular complexity index is 1400. The first-order chi connectivity index (χ1) is 18.2. The van der Waals surface area contributed by atoms with Crippen LogP contribution in [0.5, 0.6) is 17.2 Å². The Morgan fingerprint density at radius 2 is 1.61 bits per heavy atom. The van der Waals surface area contributed by atoms with Crippen molar-refractivity contribution in [2.45, 2.75) is 32.7 Å². The molecule has 198 valence electrons. The van der Waals surface area contributed by atoms with Gasteiger partial charge in [-0.1, -0.05) is 31.5 Å². The number of ether oxygens (including phenoxy) is 3. The minimum absolute atomic E-state index is 0.0301. The van der Waals surface area contributed by atoms with Gasteiger partial charge in [0.15, 0.2) is 11.5 Å². The molecule has 0 bridgehead atoms. The molecule has 1 atom stereocenters. The third kappa shape index (κ3) is 4.94. The Morgan fingerprint density at radius 3 is 2.21 bits per heavy atom. The molecule has 0 aromatic heterocycles. The summed E-state index contributed by atoms with van der Waals surface area (Å²) in [6.07, 6.45) is 0. The Morgan fingerprint density at radius 1 is 0.947 bits per heavy atom. The number of carbonyl (C=O) groups excluding carboxylic acids is 2. The summed E-state index contributed by atoms with van der Waals surface area (Å²) in [5.74, 6) is -0.0884. The number of aliphatic hydroxyl groups is 1. The predicted octanol–water partition coefficient (Wildman–Crippen LogP) is 6.51. The molecule has 0 aliphatic carbocycles. The maximum atomic E-state index is 13.5. The first-order valence-electron chi connectivity index (χ1n) is 12.3. The molecule has 0 spiro atoms. The number of Topliss-reactive ketones (excluding diaryl/α,β-unsaturated/α-hetero) is 1. The summed E-state index contributed by atoms with van der Waals surface area (Å²) in [6.45, 7) is 6.25. The van der Waals surface area contributed by atoms with Crippen LogP contribution in [0.2, 0.25) is 5.02 Å². The van der Waals surface area contributed by atoms with Crippen LogP contribution in [0.15, 0.2) is 66.2 Å². The highest BCUT2D eigenvalue weighted by Crippen LogP contribution is 2.44. The van der Waals surface area contributed by atoms with Crippen molar-refractivity contribution in [1.82, 2.24) is 0 Å². The smallest absolute Gasteiger partial charge is 0.300 e. The number of anilines is 1. The van der Waals surface area contributed by atoms with Crippen LogP contribution in [-0.2, 0) is 9.59 Å². The number of carbonyl (C=O) groups is 2. The number of amides is 1. The maximum Gasteiger partial charge on any atom is 0.300 e. The standard InChI is InChI=1S/C30H30ClNO6/c1-6-38-25-16-18(7-14-24(25)37-5)27-26(28(33)19-8-13-23(36-4)22(15-19)17(2)3)29(34)30(35)32(27)21-11-9-20(31)10-12-21/h7-17,27,33H,6H2,1-5H3/b28-26+. The van der Waals surface area contributed by atoms with Gasteiger partial charge in [0.25, 0.3) is 11.7 Å². The lowest BCUT2D eigenvalue weighted by Gasteiger charge is -2.26. The number of methoxy groups -OCH3 is 2. The first-order valence-corrected chi connectivity index (χ1v) is 12.6. The highest BCUT2D eigenvalue weighted by Gasteiger charge is 2.47. The van der Waals surface area contributed by atoms with Crippen LogP contribution in [0.3, 0.4) is 0 Å². The molecule has 8 heteroatoms. The van der Waals surface area contributed by atoms with Gasteiger partial charge in [0.2, 0.25) is 0 Å². The van der Waals surface area contributed by atoms with E-state index >= 15 is 0 Å². The molecule has 1 unspecified atom stereocenters. The van der Waals surface area contributed by atoms with Crippen molar-refractivity contribution >= 4 is 34.7 Å². The fourth-order valence-electron chi connectivity index (χ4n) is 4.64. The SMILES string of the molecule is CCOc1cc(C2/C(=C(\O)c3ccc(OC)c(C(C)C)c3)C(=O)C(=O)N2c2ccc(Cl)cc2)ccc1OC. The van der Waals surface area contributed by atoms with E-state index in [0.717, 1.165) is 5.56 Å². The van der Waals surface area contributed by atoms with Crippen molar-refractivity contribution in [3.63, 3.8) is 0 Å². The van der Waals surface area contributed by atoms with Crippen LogP contribution in [-0.4, -0.2) is 37.6 Å². The predicted molar refractivity (Wildman–Crippen MR) is 147 cm³/mol. The molecular weight excluding hydrogens is 506 g/mol. The van der Waals surface area contributed by atoms with Gasteiger partial charge in [0, 0.05) is 16.3 Å². The molecule has 0 saturated carbocycles. The molecule has 7 nitrogen and oxygen atoms in total. The van der Waals surface area contributed by atoms with Gasteiger partial charge >= 0.3 is 0 Å².